The Labute approximate surface area is 75.7 Å². The highest BCUT2D eigenvalue weighted by molar-refractivity contribution is 5.41. The molecule has 0 radical (unpaired) electrons. The fourth-order valence-electron chi connectivity index (χ4n) is 1.17. The quantitative estimate of drug-likeness (QED) is 0.586. The highest BCUT2D eigenvalue weighted by Gasteiger charge is 2.03. The van der Waals surface area contributed by atoms with Crippen LogP contribution in [-0.4, -0.2) is 0 Å². The smallest absolute Gasteiger partial charge is 0.00140 e. The highest BCUT2D eigenvalue weighted by atomic mass is 14.5. The summed E-state index contributed by atoms with van der Waals surface area (Å²) in [4.78, 5) is 0. The first kappa shape index (κ1) is 11.0. The van der Waals surface area contributed by atoms with Crippen LogP contribution in [0.4, 0.5) is 0 Å². The van der Waals surface area contributed by atoms with Gasteiger partial charge in [0.05, 0.1) is 0 Å². The number of allylic oxidation sites excluding steroid dienone is 5. The van der Waals surface area contributed by atoms with Crippen LogP contribution < -0.4 is 5.73 Å². The van der Waals surface area contributed by atoms with Gasteiger partial charge < -0.3 is 5.73 Å². The van der Waals surface area contributed by atoms with Crippen LogP contribution in [-0.2, 0) is 0 Å². The minimum Gasteiger partial charge on any atom is -0.404 e. The predicted molar refractivity (Wildman–Crippen MR) is 55.7 cm³/mol. The third-order valence-corrected chi connectivity index (χ3v) is 1.78. The van der Waals surface area contributed by atoms with E-state index in [1.54, 1.807) is 6.20 Å². The van der Waals surface area contributed by atoms with E-state index in [1.807, 2.05) is 13.8 Å². The van der Waals surface area contributed by atoms with Crippen molar-refractivity contribution in [1.29, 1.82) is 0 Å². The van der Waals surface area contributed by atoms with E-state index in [4.69, 9.17) is 5.73 Å². The van der Waals surface area contributed by atoms with E-state index < -0.39 is 0 Å². The molecule has 1 aliphatic rings. The fraction of sp³-hybridized carbons (Fsp3) is 0.455. The molecule has 0 bridgehead atoms. The maximum absolute atomic E-state index is 5.42. The molecule has 0 spiro atoms. The third-order valence-electron chi connectivity index (χ3n) is 1.78. The molecular weight excluding hydrogens is 146 g/mol. The van der Waals surface area contributed by atoms with E-state index in [0.717, 1.165) is 12.8 Å². The van der Waals surface area contributed by atoms with Crippen LogP contribution in [0.3, 0.4) is 0 Å². The van der Waals surface area contributed by atoms with Gasteiger partial charge in [-0.2, -0.15) is 0 Å². The van der Waals surface area contributed by atoms with Crippen LogP contribution >= 0.6 is 0 Å². The summed E-state index contributed by atoms with van der Waals surface area (Å²) in [5.41, 5.74) is 7.96. The van der Waals surface area contributed by atoms with Gasteiger partial charge >= 0.3 is 0 Å². The second-order valence-electron chi connectivity index (χ2n) is 2.38. The minimum absolute atomic E-state index is 1.13. The van der Waals surface area contributed by atoms with Crippen molar-refractivity contribution in [2.45, 2.75) is 33.6 Å². The molecule has 1 heteroatoms. The second-order valence-corrected chi connectivity index (χ2v) is 2.38. The van der Waals surface area contributed by atoms with Crippen LogP contribution in [0.1, 0.15) is 33.6 Å². The summed E-state index contributed by atoms with van der Waals surface area (Å²) in [6, 6.07) is 0. The zero-order valence-electron chi connectivity index (χ0n) is 8.30. The normalized spacial score (nSPS) is 22.2. The molecule has 68 valence electrons. The van der Waals surface area contributed by atoms with E-state index in [2.05, 4.69) is 25.2 Å². The van der Waals surface area contributed by atoms with Gasteiger partial charge in [0.2, 0.25) is 0 Å². The summed E-state index contributed by atoms with van der Waals surface area (Å²) in [5, 5.41) is 0. The van der Waals surface area contributed by atoms with Gasteiger partial charge in [0.15, 0.2) is 0 Å². The number of hydrogen-bond acceptors (Lipinski definition) is 1. The first-order valence-electron chi connectivity index (χ1n) is 4.62. The molecule has 0 aromatic rings. The predicted octanol–water partition coefficient (Wildman–Crippen LogP) is 3.15. The molecule has 2 N–H and O–H groups in total. The van der Waals surface area contributed by atoms with E-state index >= 15 is 0 Å². The van der Waals surface area contributed by atoms with Crippen molar-refractivity contribution >= 4 is 0 Å². The number of nitrogens with two attached hydrogens (primary N) is 1. The molecule has 0 fully saturated rings. The van der Waals surface area contributed by atoms with E-state index in [1.165, 1.54) is 11.1 Å². The van der Waals surface area contributed by atoms with Crippen LogP contribution in [0.15, 0.2) is 35.6 Å². The van der Waals surface area contributed by atoms with Crippen molar-refractivity contribution in [3.05, 3.63) is 35.6 Å². The Bertz CT molecular complexity index is 197. The third kappa shape index (κ3) is 2.95. The summed E-state index contributed by atoms with van der Waals surface area (Å²) < 4.78 is 0. The standard InChI is InChI=1S/C9H13N.C2H6/c1-2-8-5-3-4-6-9(8)7-10;1-2/h2,4,6-7H,3,5,10H2,1H3;1-2H3/b8-2+,9-7-;. The van der Waals surface area contributed by atoms with E-state index in [0.29, 0.717) is 0 Å². The van der Waals surface area contributed by atoms with Gasteiger partial charge in [0.1, 0.15) is 0 Å². The van der Waals surface area contributed by atoms with Gasteiger partial charge in [0, 0.05) is 6.20 Å². The maximum Gasteiger partial charge on any atom is 0.00140 e. The first-order chi connectivity index (χ1) is 5.88. The summed E-state index contributed by atoms with van der Waals surface area (Å²) in [7, 11) is 0. The SMILES string of the molecule is C/C=C1\CCC=C\C1=C\N.CC. The van der Waals surface area contributed by atoms with Gasteiger partial charge in [-0.05, 0) is 30.9 Å². The molecule has 1 nitrogen and oxygen atoms in total. The molecule has 0 aromatic carbocycles. The average molecular weight is 165 g/mol. The second kappa shape index (κ2) is 6.71. The van der Waals surface area contributed by atoms with E-state index in [9.17, 15) is 0 Å². The lowest BCUT2D eigenvalue weighted by atomic mass is 9.96. The van der Waals surface area contributed by atoms with Gasteiger partial charge in [-0.15, -0.1) is 0 Å². The monoisotopic (exact) mass is 165 g/mol. The maximum atomic E-state index is 5.42. The van der Waals surface area contributed by atoms with Crippen molar-refractivity contribution in [3.8, 4) is 0 Å². The van der Waals surface area contributed by atoms with Crippen LogP contribution in [0.2, 0.25) is 0 Å². The van der Waals surface area contributed by atoms with Crippen molar-refractivity contribution in [2.24, 2.45) is 5.73 Å². The molecule has 0 unspecified atom stereocenters. The Morgan fingerprint density at radius 1 is 1.42 bits per heavy atom. The number of hydrogen-bond donors (Lipinski definition) is 1. The minimum atomic E-state index is 1.13. The lowest BCUT2D eigenvalue weighted by Crippen LogP contribution is -1.95. The summed E-state index contributed by atoms with van der Waals surface area (Å²) in [5.74, 6) is 0. The Morgan fingerprint density at radius 3 is 2.50 bits per heavy atom. The summed E-state index contributed by atoms with van der Waals surface area (Å²) >= 11 is 0. The lowest BCUT2D eigenvalue weighted by Gasteiger charge is -2.10. The zero-order valence-corrected chi connectivity index (χ0v) is 8.30. The Hall–Kier alpha value is -0.980. The molecule has 1 rings (SSSR count). The molecule has 0 heterocycles. The lowest BCUT2D eigenvalue weighted by molar-refractivity contribution is 0.962. The molecule has 1 aliphatic carbocycles. The van der Waals surface area contributed by atoms with Crippen LogP contribution in [0.25, 0.3) is 0 Å². The van der Waals surface area contributed by atoms with E-state index in [-0.39, 0.29) is 0 Å². The van der Waals surface area contributed by atoms with Crippen molar-refractivity contribution in [2.75, 3.05) is 0 Å². The Kier molecular flexibility index (Phi) is 6.16. The van der Waals surface area contributed by atoms with Gasteiger partial charge in [0.25, 0.3) is 0 Å². The molecule has 0 amide bonds. The molecular formula is C11H19N. The van der Waals surface area contributed by atoms with Gasteiger partial charge in [-0.25, -0.2) is 0 Å². The molecule has 0 aromatic heterocycles. The topological polar surface area (TPSA) is 26.0 Å². The fourth-order valence-corrected chi connectivity index (χ4v) is 1.17. The van der Waals surface area contributed by atoms with Gasteiger partial charge in [-0.1, -0.05) is 32.1 Å². The van der Waals surface area contributed by atoms with Crippen molar-refractivity contribution in [1.82, 2.24) is 0 Å². The largest absolute Gasteiger partial charge is 0.404 e. The number of rotatable bonds is 0. The van der Waals surface area contributed by atoms with Crippen molar-refractivity contribution in [3.63, 3.8) is 0 Å². The summed E-state index contributed by atoms with van der Waals surface area (Å²) in [6.07, 6.45) is 10.3. The molecule has 0 atom stereocenters. The van der Waals surface area contributed by atoms with Crippen molar-refractivity contribution < 1.29 is 0 Å². The average Bonchev–Trinajstić information content (AvgIpc) is 2.20. The van der Waals surface area contributed by atoms with Crippen LogP contribution in [0.5, 0.6) is 0 Å². The van der Waals surface area contributed by atoms with Gasteiger partial charge in [-0.3, -0.25) is 0 Å². The molecule has 0 aliphatic heterocycles. The zero-order chi connectivity index (χ0) is 9.40. The molecule has 12 heavy (non-hydrogen) atoms. The van der Waals surface area contributed by atoms with Crippen LogP contribution in [0, 0.1) is 0 Å². The first-order valence-corrected chi connectivity index (χ1v) is 4.62. The Balaban J connectivity index is 0.000000561. The Morgan fingerprint density at radius 2 is 2.08 bits per heavy atom. The summed E-state index contributed by atoms with van der Waals surface area (Å²) in [6.45, 7) is 6.05. The highest BCUT2D eigenvalue weighted by Crippen LogP contribution is 2.21. The molecule has 0 saturated heterocycles. The molecule has 0 saturated carbocycles.